The molecular weight excluding hydrogens is 279 g/mol. The summed E-state index contributed by atoms with van der Waals surface area (Å²) in [5, 5.41) is 0. The normalized spacial score (nSPS) is 25.0. The Labute approximate surface area is 123 Å². The Kier molecular flexibility index (Phi) is 5.30. The predicted octanol–water partition coefficient (Wildman–Crippen LogP) is 3.53. The lowest BCUT2D eigenvalue weighted by molar-refractivity contribution is -0.198. The van der Waals surface area contributed by atoms with Crippen LogP contribution in [0.5, 0.6) is 0 Å². The molecule has 21 heavy (non-hydrogen) atoms. The quantitative estimate of drug-likeness (QED) is 0.904. The minimum absolute atomic E-state index is 0.214. The minimum Gasteiger partial charge on any atom is -0.335 e. The molecule has 3 atom stereocenters. The first kappa shape index (κ1) is 16.3. The van der Waals surface area contributed by atoms with Crippen molar-refractivity contribution < 1.29 is 13.2 Å². The fourth-order valence-corrected chi connectivity index (χ4v) is 3.42. The van der Waals surface area contributed by atoms with Crippen molar-refractivity contribution in [2.45, 2.75) is 64.2 Å². The number of hydrogen-bond donors (Lipinski definition) is 1. The Hall–Kier alpha value is -1.04. The van der Waals surface area contributed by atoms with E-state index in [1.54, 1.807) is 6.20 Å². The average molecular weight is 303 g/mol. The van der Waals surface area contributed by atoms with E-state index in [0.29, 0.717) is 19.3 Å². The van der Waals surface area contributed by atoms with Crippen molar-refractivity contribution in [2.24, 2.45) is 17.6 Å². The van der Waals surface area contributed by atoms with Gasteiger partial charge in [0.15, 0.2) is 0 Å². The lowest BCUT2D eigenvalue weighted by atomic mass is 9.74. The van der Waals surface area contributed by atoms with Crippen LogP contribution in [0.25, 0.3) is 0 Å². The third-order valence-corrected chi connectivity index (χ3v) is 4.47. The van der Waals surface area contributed by atoms with Crippen LogP contribution in [0.15, 0.2) is 12.4 Å². The van der Waals surface area contributed by atoms with Crippen LogP contribution in [0.2, 0.25) is 0 Å². The predicted molar refractivity (Wildman–Crippen MR) is 75.7 cm³/mol. The molecule has 0 radical (unpaired) electrons. The zero-order chi connectivity index (χ0) is 15.5. The van der Waals surface area contributed by atoms with E-state index in [1.165, 1.54) is 0 Å². The number of halogens is 3. The lowest BCUT2D eigenvalue weighted by Crippen LogP contribution is -2.44. The number of hydrogen-bond acceptors (Lipinski definition) is 2. The molecule has 1 heterocycles. The van der Waals surface area contributed by atoms with E-state index in [-0.39, 0.29) is 6.42 Å². The van der Waals surface area contributed by atoms with Gasteiger partial charge in [-0.05, 0) is 25.2 Å². The maximum absolute atomic E-state index is 13.2. The first-order valence-electron chi connectivity index (χ1n) is 7.75. The standard InChI is InChI=1S/C15H24F3N3/c1-2-8-21-9-7-20-14(21)10-13(19)11-5-3-4-6-12(11)15(16,17)18/h7,9,11-13H,2-6,8,10,19H2,1H3. The third kappa shape index (κ3) is 3.99. The highest BCUT2D eigenvalue weighted by molar-refractivity contribution is 4.98. The second kappa shape index (κ2) is 6.81. The molecule has 1 aliphatic rings. The molecule has 0 saturated heterocycles. The summed E-state index contributed by atoms with van der Waals surface area (Å²) in [6.45, 7) is 2.89. The maximum Gasteiger partial charge on any atom is 0.392 e. The number of alkyl halides is 3. The van der Waals surface area contributed by atoms with Crippen LogP contribution in [-0.4, -0.2) is 21.8 Å². The summed E-state index contributed by atoms with van der Waals surface area (Å²) in [4.78, 5) is 4.26. The van der Waals surface area contributed by atoms with Crippen LogP contribution in [0.4, 0.5) is 13.2 Å². The molecule has 1 fully saturated rings. The molecule has 120 valence electrons. The average Bonchev–Trinajstić information content (AvgIpc) is 2.85. The first-order chi connectivity index (χ1) is 9.93. The van der Waals surface area contributed by atoms with E-state index in [2.05, 4.69) is 11.9 Å². The molecule has 1 aliphatic carbocycles. The molecule has 2 N–H and O–H groups in total. The molecule has 1 aromatic rings. The summed E-state index contributed by atoms with van der Waals surface area (Å²) in [6, 6.07) is -0.477. The highest BCUT2D eigenvalue weighted by atomic mass is 19.4. The van der Waals surface area contributed by atoms with E-state index in [1.807, 2.05) is 10.8 Å². The molecular formula is C15H24F3N3. The Morgan fingerprint density at radius 1 is 1.38 bits per heavy atom. The van der Waals surface area contributed by atoms with Crippen molar-refractivity contribution in [1.82, 2.24) is 9.55 Å². The van der Waals surface area contributed by atoms with Gasteiger partial charge in [0.25, 0.3) is 0 Å². The van der Waals surface area contributed by atoms with Gasteiger partial charge in [0, 0.05) is 31.4 Å². The van der Waals surface area contributed by atoms with Gasteiger partial charge in [-0.1, -0.05) is 19.8 Å². The largest absolute Gasteiger partial charge is 0.392 e. The van der Waals surface area contributed by atoms with Gasteiger partial charge in [0.2, 0.25) is 0 Å². The monoisotopic (exact) mass is 303 g/mol. The zero-order valence-corrected chi connectivity index (χ0v) is 12.4. The highest BCUT2D eigenvalue weighted by Crippen LogP contribution is 2.42. The van der Waals surface area contributed by atoms with Crippen molar-refractivity contribution in [3.63, 3.8) is 0 Å². The molecule has 2 rings (SSSR count). The van der Waals surface area contributed by atoms with Crippen LogP contribution in [0.1, 0.15) is 44.9 Å². The summed E-state index contributed by atoms with van der Waals surface area (Å²) in [5.74, 6) is -0.933. The van der Waals surface area contributed by atoms with E-state index < -0.39 is 24.1 Å². The van der Waals surface area contributed by atoms with E-state index >= 15 is 0 Å². The molecule has 0 amide bonds. The van der Waals surface area contributed by atoms with Crippen molar-refractivity contribution in [1.29, 1.82) is 0 Å². The number of nitrogens with two attached hydrogens (primary N) is 1. The summed E-state index contributed by atoms with van der Waals surface area (Å²) in [6.07, 6.45) is 3.09. The van der Waals surface area contributed by atoms with Gasteiger partial charge in [-0.3, -0.25) is 0 Å². The van der Waals surface area contributed by atoms with E-state index in [9.17, 15) is 13.2 Å². The molecule has 3 unspecified atom stereocenters. The van der Waals surface area contributed by atoms with Gasteiger partial charge in [0.1, 0.15) is 5.82 Å². The van der Waals surface area contributed by atoms with Gasteiger partial charge in [-0.2, -0.15) is 13.2 Å². The molecule has 0 spiro atoms. The van der Waals surface area contributed by atoms with Gasteiger partial charge in [-0.15, -0.1) is 0 Å². The topological polar surface area (TPSA) is 43.8 Å². The van der Waals surface area contributed by atoms with Crippen molar-refractivity contribution in [3.8, 4) is 0 Å². The molecule has 0 aliphatic heterocycles. The maximum atomic E-state index is 13.2. The summed E-state index contributed by atoms with van der Waals surface area (Å²) in [7, 11) is 0. The second-order valence-corrected chi connectivity index (χ2v) is 6.00. The number of nitrogens with zero attached hydrogens (tertiary/aromatic N) is 2. The van der Waals surface area contributed by atoms with Crippen LogP contribution in [0, 0.1) is 11.8 Å². The minimum atomic E-state index is -4.14. The molecule has 3 nitrogen and oxygen atoms in total. The van der Waals surface area contributed by atoms with Crippen LogP contribution < -0.4 is 5.73 Å². The van der Waals surface area contributed by atoms with Gasteiger partial charge >= 0.3 is 6.18 Å². The number of aromatic nitrogens is 2. The van der Waals surface area contributed by atoms with Crippen molar-refractivity contribution >= 4 is 0 Å². The smallest absolute Gasteiger partial charge is 0.335 e. The summed E-state index contributed by atoms with van der Waals surface area (Å²) in [5.41, 5.74) is 6.14. The first-order valence-corrected chi connectivity index (χ1v) is 7.75. The van der Waals surface area contributed by atoms with Crippen molar-refractivity contribution in [2.75, 3.05) is 0 Å². The van der Waals surface area contributed by atoms with E-state index in [4.69, 9.17) is 5.73 Å². The second-order valence-electron chi connectivity index (χ2n) is 6.00. The molecule has 1 saturated carbocycles. The Bertz CT molecular complexity index is 442. The molecule has 6 heteroatoms. The molecule has 1 aromatic heterocycles. The van der Waals surface area contributed by atoms with Crippen LogP contribution in [0.3, 0.4) is 0 Å². The third-order valence-electron chi connectivity index (χ3n) is 4.47. The SMILES string of the molecule is CCCn1ccnc1CC(N)C1CCCCC1C(F)(F)F. The summed E-state index contributed by atoms with van der Waals surface area (Å²) >= 11 is 0. The fraction of sp³-hybridized carbons (Fsp3) is 0.800. The van der Waals surface area contributed by atoms with Gasteiger partial charge < -0.3 is 10.3 Å². The van der Waals surface area contributed by atoms with E-state index in [0.717, 1.165) is 25.2 Å². The lowest BCUT2D eigenvalue weighted by Gasteiger charge is -2.36. The fourth-order valence-electron chi connectivity index (χ4n) is 3.42. The highest BCUT2D eigenvalue weighted by Gasteiger charge is 2.47. The Morgan fingerprint density at radius 3 is 2.76 bits per heavy atom. The Balaban J connectivity index is 2.07. The Morgan fingerprint density at radius 2 is 2.10 bits per heavy atom. The van der Waals surface area contributed by atoms with Crippen LogP contribution in [-0.2, 0) is 13.0 Å². The number of imidazole rings is 1. The summed E-state index contributed by atoms with van der Waals surface area (Å²) < 4.78 is 41.5. The van der Waals surface area contributed by atoms with Crippen LogP contribution >= 0.6 is 0 Å². The molecule has 0 aromatic carbocycles. The van der Waals surface area contributed by atoms with Gasteiger partial charge in [0.05, 0.1) is 5.92 Å². The number of aryl methyl sites for hydroxylation is 1. The zero-order valence-electron chi connectivity index (χ0n) is 12.4. The molecule has 0 bridgehead atoms. The number of rotatable bonds is 5. The van der Waals surface area contributed by atoms with Crippen molar-refractivity contribution in [3.05, 3.63) is 18.2 Å². The van der Waals surface area contributed by atoms with Gasteiger partial charge in [-0.25, -0.2) is 4.98 Å².